The molecule has 7 nitrogen and oxygen atoms in total. The third-order valence-electron chi connectivity index (χ3n) is 4.69. The molecule has 0 amide bonds. The first-order valence-corrected chi connectivity index (χ1v) is 8.43. The van der Waals surface area contributed by atoms with Gasteiger partial charge in [-0.2, -0.15) is 18.3 Å². The van der Waals surface area contributed by atoms with Crippen molar-refractivity contribution in [2.24, 2.45) is 0 Å². The lowest BCUT2D eigenvalue weighted by atomic mass is 10.1. The van der Waals surface area contributed by atoms with Gasteiger partial charge in [0.2, 0.25) is 5.82 Å². The van der Waals surface area contributed by atoms with E-state index in [1.807, 2.05) is 24.3 Å². The number of para-hydroxylation sites is 1. The van der Waals surface area contributed by atoms with Crippen LogP contribution >= 0.6 is 0 Å². The molecule has 4 aromatic rings. The van der Waals surface area contributed by atoms with Gasteiger partial charge in [-0.15, -0.1) is 5.10 Å². The predicted molar refractivity (Wildman–Crippen MR) is 92.3 cm³/mol. The summed E-state index contributed by atoms with van der Waals surface area (Å²) in [5.74, 6) is 0.568. The fraction of sp³-hybridized carbons (Fsp3) is 0.294. The summed E-state index contributed by atoms with van der Waals surface area (Å²) in [5.41, 5.74) is 1.63. The first-order valence-electron chi connectivity index (χ1n) is 8.43. The number of nitrogens with one attached hydrogen (secondary N) is 1. The summed E-state index contributed by atoms with van der Waals surface area (Å²) in [7, 11) is 0. The van der Waals surface area contributed by atoms with Gasteiger partial charge >= 0.3 is 6.18 Å². The number of anilines is 1. The lowest BCUT2D eigenvalue weighted by molar-refractivity contribution is -0.173. The third-order valence-corrected chi connectivity index (χ3v) is 4.69. The molecule has 5 rings (SSSR count). The number of rotatable bonds is 1. The van der Waals surface area contributed by atoms with E-state index in [4.69, 9.17) is 0 Å². The molecule has 0 unspecified atom stereocenters. The lowest BCUT2D eigenvalue weighted by Crippen LogP contribution is -2.37. The van der Waals surface area contributed by atoms with Crippen molar-refractivity contribution in [3.8, 4) is 11.5 Å². The van der Waals surface area contributed by atoms with E-state index in [9.17, 15) is 13.2 Å². The number of halogens is 3. The number of alkyl halides is 3. The zero-order chi connectivity index (χ0) is 18.8. The van der Waals surface area contributed by atoms with E-state index in [0.717, 1.165) is 15.6 Å². The van der Waals surface area contributed by atoms with E-state index >= 15 is 0 Å². The molecule has 0 aliphatic carbocycles. The molecule has 0 saturated heterocycles. The third kappa shape index (κ3) is 2.51. The van der Waals surface area contributed by atoms with Crippen molar-refractivity contribution in [3.63, 3.8) is 0 Å². The van der Waals surface area contributed by atoms with Gasteiger partial charge in [-0.25, -0.2) is 19.2 Å². The Balaban J connectivity index is 1.65. The van der Waals surface area contributed by atoms with Crippen LogP contribution in [0.1, 0.15) is 19.4 Å². The average Bonchev–Trinajstić information content (AvgIpc) is 3.23. The fourth-order valence-electron chi connectivity index (χ4n) is 3.46. The first kappa shape index (κ1) is 16.0. The van der Waals surface area contributed by atoms with Crippen LogP contribution in [0.2, 0.25) is 0 Å². The zero-order valence-electron chi connectivity index (χ0n) is 14.1. The van der Waals surface area contributed by atoms with Crippen LogP contribution in [0.15, 0.2) is 36.7 Å². The second-order valence-corrected chi connectivity index (χ2v) is 6.66. The van der Waals surface area contributed by atoms with E-state index in [1.54, 1.807) is 13.0 Å². The summed E-state index contributed by atoms with van der Waals surface area (Å²) in [6.45, 7) is 1.72. The van der Waals surface area contributed by atoms with Crippen molar-refractivity contribution in [3.05, 3.63) is 36.7 Å². The molecule has 0 spiro atoms. The molecule has 27 heavy (non-hydrogen) atoms. The normalized spacial score (nSPS) is 20.0. The van der Waals surface area contributed by atoms with Gasteiger partial charge in [0.15, 0.2) is 11.7 Å². The topological polar surface area (TPSA) is 72.9 Å². The van der Waals surface area contributed by atoms with Gasteiger partial charge in [-0.3, -0.25) is 0 Å². The maximum atomic E-state index is 13.4. The number of benzene rings is 1. The molecule has 1 aliphatic rings. The highest BCUT2D eigenvalue weighted by molar-refractivity contribution is 5.91. The minimum Gasteiger partial charge on any atom is -0.368 e. The second kappa shape index (κ2) is 5.41. The minimum atomic E-state index is -4.37. The Labute approximate surface area is 150 Å². The Morgan fingerprint density at radius 2 is 2.00 bits per heavy atom. The molecule has 3 aromatic heterocycles. The predicted octanol–water partition coefficient (Wildman–Crippen LogP) is 3.45. The van der Waals surface area contributed by atoms with Crippen molar-refractivity contribution in [2.45, 2.75) is 31.6 Å². The maximum absolute atomic E-state index is 13.4. The Morgan fingerprint density at radius 3 is 2.81 bits per heavy atom. The molecule has 0 radical (unpaired) electrons. The Kier molecular flexibility index (Phi) is 3.22. The van der Waals surface area contributed by atoms with E-state index in [0.29, 0.717) is 11.5 Å². The lowest BCUT2D eigenvalue weighted by Gasteiger charge is -2.31. The number of nitrogens with zero attached hydrogens (tertiary/aromatic N) is 6. The van der Waals surface area contributed by atoms with Crippen molar-refractivity contribution in [1.82, 2.24) is 29.4 Å². The van der Waals surface area contributed by atoms with Crippen LogP contribution < -0.4 is 5.32 Å². The van der Waals surface area contributed by atoms with Crippen LogP contribution in [0.3, 0.4) is 0 Å². The van der Waals surface area contributed by atoms with Crippen LogP contribution in [0.4, 0.5) is 19.0 Å². The summed E-state index contributed by atoms with van der Waals surface area (Å²) in [6, 6.07) is 7.05. The molecule has 138 valence electrons. The molecule has 4 heterocycles. The molecule has 0 saturated carbocycles. The number of fused-ring (bicyclic) bond motifs is 4. The summed E-state index contributed by atoms with van der Waals surface area (Å²) >= 11 is 0. The highest BCUT2D eigenvalue weighted by Gasteiger charge is 2.45. The van der Waals surface area contributed by atoms with Gasteiger partial charge in [0, 0.05) is 17.5 Å². The average molecular weight is 373 g/mol. The minimum absolute atomic E-state index is 0.0786. The summed E-state index contributed by atoms with van der Waals surface area (Å²) in [4.78, 5) is 8.80. The van der Waals surface area contributed by atoms with Gasteiger partial charge in [-0.1, -0.05) is 12.1 Å². The molecule has 2 atom stereocenters. The largest absolute Gasteiger partial charge is 0.410 e. The van der Waals surface area contributed by atoms with Crippen molar-refractivity contribution in [2.75, 3.05) is 5.32 Å². The van der Waals surface area contributed by atoms with E-state index in [2.05, 4.69) is 25.5 Å². The van der Waals surface area contributed by atoms with Gasteiger partial charge in [0.05, 0.1) is 5.52 Å². The van der Waals surface area contributed by atoms with E-state index in [-0.39, 0.29) is 24.0 Å². The fourth-order valence-corrected chi connectivity index (χ4v) is 3.46. The molecule has 1 N–H and O–H groups in total. The SMILES string of the molecule is C[C@@H]1C[C@H](C(F)(F)F)n2nc(-c3nc4c5ccccc5ncn4n3)cc2N1. The van der Waals surface area contributed by atoms with Crippen molar-refractivity contribution < 1.29 is 13.2 Å². The first-order chi connectivity index (χ1) is 12.9. The second-order valence-electron chi connectivity index (χ2n) is 6.66. The molecule has 1 aromatic carbocycles. The van der Waals surface area contributed by atoms with Crippen molar-refractivity contribution in [1.29, 1.82) is 0 Å². The zero-order valence-corrected chi connectivity index (χ0v) is 14.1. The van der Waals surface area contributed by atoms with E-state index < -0.39 is 12.2 Å². The Bertz CT molecular complexity index is 1160. The van der Waals surface area contributed by atoms with Gasteiger partial charge in [0.1, 0.15) is 17.8 Å². The maximum Gasteiger partial charge on any atom is 0.410 e. The Morgan fingerprint density at radius 1 is 1.19 bits per heavy atom. The van der Waals surface area contributed by atoms with Gasteiger partial charge < -0.3 is 5.32 Å². The monoisotopic (exact) mass is 373 g/mol. The standard InChI is InChI=1S/C17H14F3N7/c1-9-6-13(17(18,19)20)27-14(22-9)7-12(24-27)15-23-16-10-4-2-3-5-11(10)21-8-26(16)25-15/h2-5,7-9,13,22H,6H2,1H3/t9-,13-/m1/s1. The van der Waals surface area contributed by atoms with Gasteiger partial charge in [0.25, 0.3) is 0 Å². The molecule has 10 heteroatoms. The summed E-state index contributed by atoms with van der Waals surface area (Å²) < 4.78 is 42.7. The highest BCUT2D eigenvalue weighted by atomic mass is 19.4. The smallest absolute Gasteiger partial charge is 0.368 e. The summed E-state index contributed by atoms with van der Waals surface area (Å²) in [5, 5.41) is 12.3. The summed E-state index contributed by atoms with van der Waals surface area (Å²) in [6.07, 6.45) is -2.92. The van der Waals surface area contributed by atoms with Crippen LogP contribution in [0.5, 0.6) is 0 Å². The molecular weight excluding hydrogens is 359 g/mol. The number of hydrogen-bond donors (Lipinski definition) is 1. The Hall–Kier alpha value is -3.17. The quantitative estimate of drug-likeness (QED) is 0.553. The highest BCUT2D eigenvalue weighted by Crippen LogP contribution is 2.40. The van der Waals surface area contributed by atoms with Crippen LogP contribution in [0.25, 0.3) is 28.1 Å². The van der Waals surface area contributed by atoms with Gasteiger partial charge in [-0.05, 0) is 25.5 Å². The van der Waals surface area contributed by atoms with E-state index in [1.165, 1.54) is 10.8 Å². The molecule has 0 fully saturated rings. The molecular formula is C17H14F3N7. The van der Waals surface area contributed by atoms with Crippen LogP contribution in [-0.4, -0.2) is 41.6 Å². The number of hydrogen-bond acceptors (Lipinski definition) is 5. The van der Waals surface area contributed by atoms with Crippen molar-refractivity contribution >= 4 is 22.4 Å². The van der Waals surface area contributed by atoms with Crippen LogP contribution in [0, 0.1) is 0 Å². The molecule has 0 bridgehead atoms. The molecule has 1 aliphatic heterocycles. The number of aromatic nitrogens is 6. The van der Waals surface area contributed by atoms with Crippen LogP contribution in [-0.2, 0) is 0 Å².